The minimum absolute atomic E-state index is 0.493. The molecule has 0 aliphatic heterocycles. The Kier molecular flexibility index (Phi) is 4.47. The summed E-state index contributed by atoms with van der Waals surface area (Å²) < 4.78 is 10.7. The third-order valence-electron chi connectivity index (χ3n) is 2.55. The Labute approximate surface area is 92.2 Å². The summed E-state index contributed by atoms with van der Waals surface area (Å²) in [7, 11) is 1.66. The molecule has 0 amide bonds. The molecule has 2 heteroatoms. The Morgan fingerprint density at radius 3 is 2.13 bits per heavy atom. The van der Waals surface area contributed by atoms with E-state index in [-0.39, 0.29) is 0 Å². The van der Waals surface area contributed by atoms with Crippen LogP contribution < -0.4 is 9.47 Å². The molecule has 83 valence electrons. The maximum Gasteiger partial charge on any atom is 0.119 e. The summed E-state index contributed by atoms with van der Waals surface area (Å²) in [6.07, 6.45) is 0. The lowest BCUT2D eigenvalue weighted by Gasteiger charge is -2.15. The average Bonchev–Trinajstić information content (AvgIpc) is 2.26. The number of methoxy groups -OCH3 is 1. The Morgan fingerprint density at radius 1 is 1.13 bits per heavy atom. The molecular weight excluding hydrogens is 188 g/mol. The molecule has 1 aromatic rings. The van der Waals surface area contributed by atoms with Crippen molar-refractivity contribution in [2.45, 2.75) is 20.8 Å². The van der Waals surface area contributed by atoms with Gasteiger partial charge in [-0.3, -0.25) is 0 Å². The number of hydrogen-bond acceptors (Lipinski definition) is 2. The normalized spacial score (nSPS) is 12.6. The second kappa shape index (κ2) is 5.64. The summed E-state index contributed by atoms with van der Waals surface area (Å²) >= 11 is 0. The van der Waals surface area contributed by atoms with Gasteiger partial charge in [0.2, 0.25) is 0 Å². The summed E-state index contributed by atoms with van der Waals surface area (Å²) in [4.78, 5) is 0. The lowest BCUT2D eigenvalue weighted by Crippen LogP contribution is -2.12. The van der Waals surface area contributed by atoms with E-state index in [4.69, 9.17) is 9.47 Å². The van der Waals surface area contributed by atoms with Gasteiger partial charge in [-0.05, 0) is 36.1 Å². The Balaban J connectivity index is 2.44. The highest BCUT2D eigenvalue weighted by molar-refractivity contribution is 5.31. The second-order valence-corrected chi connectivity index (χ2v) is 3.96. The molecule has 1 aromatic carbocycles. The summed E-state index contributed by atoms with van der Waals surface area (Å²) in [5.41, 5.74) is 0. The van der Waals surface area contributed by atoms with Crippen LogP contribution in [0.3, 0.4) is 0 Å². The molecule has 0 aliphatic rings. The molecule has 0 bridgehead atoms. The van der Waals surface area contributed by atoms with Crippen LogP contribution in [-0.4, -0.2) is 13.7 Å². The van der Waals surface area contributed by atoms with E-state index in [0.29, 0.717) is 5.92 Å². The topological polar surface area (TPSA) is 18.5 Å². The fourth-order valence-corrected chi connectivity index (χ4v) is 1.06. The molecule has 1 rings (SSSR count). The first-order valence-corrected chi connectivity index (χ1v) is 5.20. The standard InChI is InChI=1S/C13H19O2/c1-10(2)11(3)9-15-13-7-5-12(14-4)6-8-13/h5-8,11H,9H2,1-4H3. The molecule has 0 heterocycles. The zero-order valence-corrected chi connectivity index (χ0v) is 9.91. The van der Waals surface area contributed by atoms with Gasteiger partial charge in [0.1, 0.15) is 11.5 Å². The van der Waals surface area contributed by atoms with Crippen LogP contribution in [0.25, 0.3) is 0 Å². The third-order valence-corrected chi connectivity index (χ3v) is 2.55. The molecule has 1 unspecified atom stereocenters. The van der Waals surface area contributed by atoms with Crippen LogP contribution in [0.4, 0.5) is 0 Å². The molecule has 0 saturated heterocycles. The second-order valence-electron chi connectivity index (χ2n) is 3.96. The highest BCUT2D eigenvalue weighted by Gasteiger charge is 2.08. The van der Waals surface area contributed by atoms with Crippen LogP contribution in [-0.2, 0) is 0 Å². The van der Waals surface area contributed by atoms with Crippen molar-refractivity contribution in [3.63, 3.8) is 0 Å². The van der Waals surface area contributed by atoms with E-state index in [1.807, 2.05) is 24.3 Å². The van der Waals surface area contributed by atoms with Crippen LogP contribution in [0.15, 0.2) is 24.3 Å². The zero-order valence-electron chi connectivity index (χ0n) is 9.91. The van der Waals surface area contributed by atoms with E-state index in [2.05, 4.69) is 20.8 Å². The highest BCUT2D eigenvalue weighted by atomic mass is 16.5. The summed E-state index contributed by atoms with van der Waals surface area (Å²) in [6, 6.07) is 7.66. The van der Waals surface area contributed by atoms with Crippen molar-refractivity contribution in [3.05, 3.63) is 30.2 Å². The van der Waals surface area contributed by atoms with Gasteiger partial charge in [-0.15, -0.1) is 0 Å². The molecule has 0 saturated carbocycles. The van der Waals surface area contributed by atoms with Crippen molar-refractivity contribution in [2.24, 2.45) is 5.92 Å². The van der Waals surface area contributed by atoms with E-state index in [1.54, 1.807) is 7.11 Å². The van der Waals surface area contributed by atoms with Crippen molar-refractivity contribution in [3.8, 4) is 11.5 Å². The quantitative estimate of drug-likeness (QED) is 0.737. The first kappa shape index (κ1) is 11.9. The van der Waals surface area contributed by atoms with Crippen molar-refractivity contribution < 1.29 is 9.47 Å². The van der Waals surface area contributed by atoms with Gasteiger partial charge in [0.05, 0.1) is 13.7 Å². The molecule has 1 atom stereocenters. The van der Waals surface area contributed by atoms with Gasteiger partial charge in [0.25, 0.3) is 0 Å². The minimum Gasteiger partial charge on any atom is -0.497 e. The first-order chi connectivity index (χ1) is 7.13. The van der Waals surface area contributed by atoms with Gasteiger partial charge in [-0.2, -0.15) is 0 Å². The smallest absolute Gasteiger partial charge is 0.119 e. The van der Waals surface area contributed by atoms with E-state index in [1.165, 1.54) is 5.92 Å². The Morgan fingerprint density at radius 2 is 1.67 bits per heavy atom. The Bertz CT molecular complexity index is 277. The van der Waals surface area contributed by atoms with Gasteiger partial charge in [-0.25, -0.2) is 0 Å². The van der Waals surface area contributed by atoms with E-state index >= 15 is 0 Å². The maximum absolute atomic E-state index is 5.65. The molecule has 0 aromatic heterocycles. The van der Waals surface area contributed by atoms with Crippen LogP contribution in [0.1, 0.15) is 20.8 Å². The van der Waals surface area contributed by atoms with Crippen molar-refractivity contribution in [2.75, 3.05) is 13.7 Å². The molecule has 0 N–H and O–H groups in total. The zero-order chi connectivity index (χ0) is 11.3. The molecule has 0 fully saturated rings. The molecule has 2 nitrogen and oxygen atoms in total. The van der Waals surface area contributed by atoms with Crippen LogP contribution in [0.5, 0.6) is 11.5 Å². The number of ether oxygens (including phenoxy) is 2. The Hall–Kier alpha value is -1.18. The van der Waals surface area contributed by atoms with Gasteiger partial charge in [-0.1, -0.05) is 20.8 Å². The number of hydrogen-bond donors (Lipinski definition) is 0. The monoisotopic (exact) mass is 207 g/mol. The van der Waals surface area contributed by atoms with E-state index in [9.17, 15) is 0 Å². The largest absolute Gasteiger partial charge is 0.497 e. The van der Waals surface area contributed by atoms with E-state index < -0.39 is 0 Å². The molecule has 1 radical (unpaired) electrons. The summed E-state index contributed by atoms with van der Waals surface area (Å²) in [5.74, 6) is 3.63. The highest BCUT2D eigenvalue weighted by Crippen LogP contribution is 2.19. The minimum atomic E-state index is 0.493. The molecule has 15 heavy (non-hydrogen) atoms. The van der Waals surface area contributed by atoms with E-state index in [0.717, 1.165) is 18.1 Å². The summed E-state index contributed by atoms with van der Waals surface area (Å²) in [5, 5.41) is 0. The van der Waals surface area contributed by atoms with Crippen molar-refractivity contribution in [1.29, 1.82) is 0 Å². The number of rotatable bonds is 5. The molecule has 0 spiro atoms. The van der Waals surface area contributed by atoms with Crippen LogP contribution in [0, 0.1) is 11.8 Å². The average molecular weight is 207 g/mol. The van der Waals surface area contributed by atoms with Gasteiger partial charge in [0.15, 0.2) is 0 Å². The lowest BCUT2D eigenvalue weighted by atomic mass is 9.99. The first-order valence-electron chi connectivity index (χ1n) is 5.20. The van der Waals surface area contributed by atoms with Crippen molar-refractivity contribution in [1.82, 2.24) is 0 Å². The van der Waals surface area contributed by atoms with Crippen LogP contribution in [0.2, 0.25) is 0 Å². The SMILES string of the molecule is COc1ccc(OCC(C)[C](C)C)cc1. The van der Waals surface area contributed by atoms with Gasteiger partial charge >= 0.3 is 0 Å². The predicted octanol–water partition coefficient (Wildman–Crippen LogP) is 3.32. The fraction of sp³-hybridized carbons (Fsp3) is 0.462. The summed E-state index contributed by atoms with van der Waals surface area (Å²) in [6.45, 7) is 7.15. The third kappa shape index (κ3) is 3.82. The van der Waals surface area contributed by atoms with Crippen molar-refractivity contribution >= 4 is 0 Å². The lowest BCUT2D eigenvalue weighted by molar-refractivity contribution is 0.266. The maximum atomic E-state index is 5.65. The predicted molar refractivity (Wildman–Crippen MR) is 62.2 cm³/mol. The molecule has 0 aliphatic carbocycles. The van der Waals surface area contributed by atoms with Gasteiger partial charge < -0.3 is 9.47 Å². The number of benzene rings is 1. The fourth-order valence-electron chi connectivity index (χ4n) is 1.06. The molecular formula is C13H19O2. The van der Waals surface area contributed by atoms with Crippen LogP contribution >= 0.6 is 0 Å². The van der Waals surface area contributed by atoms with Gasteiger partial charge in [0, 0.05) is 0 Å².